The highest BCUT2D eigenvalue weighted by atomic mass is 32.1. The summed E-state index contributed by atoms with van der Waals surface area (Å²) >= 11 is 4.28. The maximum Gasteiger partial charge on any atom is 0.334 e. The van der Waals surface area contributed by atoms with E-state index in [1.165, 1.54) is 126 Å². The highest BCUT2D eigenvalue weighted by molar-refractivity contribution is 7.08. The number of benzene rings is 6. The number of carboxylic acid groups (broad SMARTS) is 1. The molecule has 13 nitrogen and oxygen atoms in total. The summed E-state index contributed by atoms with van der Waals surface area (Å²) in [5, 5.41) is 41.4. The van der Waals surface area contributed by atoms with Gasteiger partial charge < -0.3 is 19.9 Å². The minimum absolute atomic E-state index is 0.0434. The number of ether oxygens (including phenoxy) is 2. The summed E-state index contributed by atoms with van der Waals surface area (Å²) in [5.41, 5.74) is 0.406. The number of hydrogen-bond donors (Lipinski definition) is 2. The summed E-state index contributed by atoms with van der Waals surface area (Å²) in [5.74, 6) is -10.4. The fourth-order valence-electron chi connectivity index (χ4n) is 11.4. The molecular formula is C67H54F9N7O6S3. The van der Waals surface area contributed by atoms with Crippen LogP contribution in [0.3, 0.4) is 0 Å². The van der Waals surface area contributed by atoms with E-state index in [9.17, 15) is 59.0 Å². The molecule has 0 bridgehead atoms. The van der Waals surface area contributed by atoms with Gasteiger partial charge in [-0.05, 0) is 177 Å². The van der Waals surface area contributed by atoms with E-state index < -0.39 is 105 Å². The van der Waals surface area contributed by atoms with Gasteiger partial charge in [0.1, 0.15) is 34.9 Å². The van der Waals surface area contributed by atoms with Gasteiger partial charge in [-0.3, -0.25) is 4.79 Å². The zero-order chi connectivity index (χ0) is 65.8. The highest BCUT2D eigenvalue weighted by Gasteiger charge is 2.58. The summed E-state index contributed by atoms with van der Waals surface area (Å²) < 4.78 is 135. The molecule has 0 aliphatic carbocycles. The number of halogens is 9. The molecule has 6 heterocycles. The van der Waals surface area contributed by atoms with Crippen molar-refractivity contribution in [2.24, 2.45) is 15.3 Å². The van der Waals surface area contributed by atoms with Gasteiger partial charge in [0.05, 0.1) is 65.7 Å². The third-order valence-corrected chi connectivity index (χ3v) is 18.1. The van der Waals surface area contributed by atoms with Crippen LogP contribution in [0.4, 0.5) is 56.6 Å². The molecule has 2 N–H and O–H groups in total. The predicted molar refractivity (Wildman–Crippen MR) is 336 cm³/mol. The van der Waals surface area contributed by atoms with Crippen molar-refractivity contribution in [1.82, 2.24) is 5.32 Å². The molecule has 3 aliphatic rings. The molecule has 6 aromatic carbocycles. The summed E-state index contributed by atoms with van der Waals surface area (Å²) in [6.07, 6.45) is 0. The number of methoxy groups -OCH3 is 2. The summed E-state index contributed by atoms with van der Waals surface area (Å²) in [6, 6.07) is 31.5. The number of amides is 1. The molecule has 12 rings (SSSR count). The van der Waals surface area contributed by atoms with E-state index in [2.05, 4.69) is 20.6 Å². The van der Waals surface area contributed by atoms with E-state index in [0.717, 1.165) is 52.5 Å². The molecule has 474 valence electrons. The van der Waals surface area contributed by atoms with Gasteiger partial charge in [-0.1, -0.05) is 36.4 Å². The van der Waals surface area contributed by atoms with Crippen molar-refractivity contribution in [3.05, 3.63) is 264 Å². The van der Waals surface area contributed by atoms with Crippen LogP contribution < -0.4 is 20.3 Å². The van der Waals surface area contributed by atoms with Crippen molar-refractivity contribution in [3.8, 4) is 0 Å². The van der Waals surface area contributed by atoms with Gasteiger partial charge in [-0.15, -0.1) is 0 Å². The number of carbonyl (C=O) groups is 3. The number of nitrogens with one attached hydrogen (secondary N) is 1. The standard InChI is InChI=1S/C24H22F3N3O2S.C22H17F3N2O2S.C21H15F3N2O2S/c1-24(23(31)28-10-11-32-2)21(16-9-12-33-14-16)22(15-3-5-17(25)6-4-15)29-30(24)20-8-7-18(26)13-19(20)27;1-22(21(28)29-2)19(14-9-10-30-12-14)20(13-3-5-15(23)6-4-13)26-27(22)18-8-7-16(24)11-17(18)25;1-21(20(27)28)18(13-8-9-29-11-13)19(12-2-4-14(22)5-3-12)25-26(21)17-7-6-15(23)10-16(17)24/h3-9,12-14,21H,10-11H2,1-2H3,(H,28,31);3-12,19H,1-2H3;2-11,18H,1H3,(H,27,28). The van der Waals surface area contributed by atoms with Crippen LogP contribution in [0.25, 0.3) is 0 Å². The van der Waals surface area contributed by atoms with Crippen molar-refractivity contribution in [2.45, 2.75) is 55.1 Å². The number of carbonyl (C=O) groups excluding carboxylic acids is 2. The fraction of sp³-hybridized carbons (Fsp3) is 0.194. The normalized spacial score (nSPS) is 20.7. The number of esters is 1. The second-order valence-corrected chi connectivity index (χ2v) is 24.0. The van der Waals surface area contributed by atoms with Crippen LogP contribution in [0.1, 0.15) is 71.9 Å². The molecule has 0 saturated heterocycles. The smallest absolute Gasteiger partial charge is 0.334 e. The highest BCUT2D eigenvalue weighted by Crippen LogP contribution is 2.50. The average Bonchev–Trinajstić information content (AvgIpc) is 1.58. The van der Waals surface area contributed by atoms with Gasteiger partial charge in [-0.2, -0.15) is 49.3 Å². The van der Waals surface area contributed by atoms with E-state index in [-0.39, 0.29) is 23.6 Å². The van der Waals surface area contributed by atoms with Crippen molar-refractivity contribution in [1.29, 1.82) is 0 Å². The zero-order valence-corrected chi connectivity index (χ0v) is 51.7. The summed E-state index contributed by atoms with van der Waals surface area (Å²) in [4.78, 5) is 39.1. The number of rotatable bonds is 15. The van der Waals surface area contributed by atoms with Crippen molar-refractivity contribution in [2.75, 3.05) is 42.4 Å². The molecule has 3 aromatic heterocycles. The first kappa shape index (κ1) is 65.5. The summed E-state index contributed by atoms with van der Waals surface area (Å²) in [7, 11) is 2.76. The fourth-order valence-corrected chi connectivity index (χ4v) is 13.5. The molecule has 1 amide bonds. The van der Waals surface area contributed by atoms with Gasteiger partial charge in [0.2, 0.25) is 5.91 Å². The number of carboxylic acids is 1. The topological polar surface area (TPSA) is 149 Å². The molecular weight excluding hydrogens is 1270 g/mol. The van der Waals surface area contributed by atoms with Crippen LogP contribution in [-0.4, -0.2) is 84.1 Å². The molecule has 6 unspecified atom stereocenters. The van der Waals surface area contributed by atoms with Gasteiger partial charge in [0, 0.05) is 31.9 Å². The quantitative estimate of drug-likeness (QED) is 0.0581. The lowest BCUT2D eigenvalue weighted by atomic mass is 9.76. The van der Waals surface area contributed by atoms with Gasteiger partial charge in [-0.25, -0.2) is 64.1 Å². The largest absolute Gasteiger partial charge is 0.479 e. The van der Waals surface area contributed by atoms with E-state index in [1.807, 2.05) is 33.7 Å². The third-order valence-electron chi connectivity index (χ3n) is 16.0. The SMILES string of the molecule is CC1(C(=O)O)C(c2ccsc2)C(c2ccc(F)cc2)=NN1c1ccc(F)cc1F.COC(=O)C1(C)C(c2ccsc2)C(c2ccc(F)cc2)=NN1c1ccc(F)cc1F.COCCNC(=O)C1(C)C(c2ccsc2)C(c2ccc(F)cc2)=NN1c1ccc(F)cc1F. The molecule has 0 saturated carbocycles. The van der Waals surface area contributed by atoms with Crippen molar-refractivity contribution >= 4 is 86.1 Å². The summed E-state index contributed by atoms with van der Waals surface area (Å²) in [6.45, 7) is 5.25. The first-order valence-electron chi connectivity index (χ1n) is 28.0. The maximum atomic E-state index is 14.9. The predicted octanol–water partition coefficient (Wildman–Crippen LogP) is 14.8. The number of hydrazone groups is 3. The third kappa shape index (κ3) is 12.6. The zero-order valence-electron chi connectivity index (χ0n) is 49.3. The van der Waals surface area contributed by atoms with E-state index in [4.69, 9.17) is 9.47 Å². The average molecular weight is 1320 g/mol. The molecule has 9 aromatic rings. The Morgan fingerprint density at radius 1 is 0.467 bits per heavy atom. The minimum Gasteiger partial charge on any atom is -0.479 e. The molecule has 25 heteroatoms. The van der Waals surface area contributed by atoms with Crippen molar-refractivity contribution in [3.63, 3.8) is 0 Å². The molecule has 6 atom stereocenters. The van der Waals surface area contributed by atoms with Crippen LogP contribution in [0.5, 0.6) is 0 Å². The Hall–Kier alpha value is -9.43. The number of anilines is 3. The van der Waals surface area contributed by atoms with Gasteiger partial charge in [0.25, 0.3) is 0 Å². The lowest BCUT2D eigenvalue weighted by molar-refractivity contribution is -0.146. The van der Waals surface area contributed by atoms with Crippen molar-refractivity contribution < 1.29 is 68.5 Å². The van der Waals surface area contributed by atoms with Crippen LogP contribution in [0.2, 0.25) is 0 Å². The first-order valence-corrected chi connectivity index (χ1v) is 30.8. The molecule has 3 aliphatic heterocycles. The Labute approximate surface area is 533 Å². The Morgan fingerprint density at radius 2 is 0.783 bits per heavy atom. The second kappa shape index (κ2) is 27.2. The number of hydrogen-bond acceptors (Lipinski definition) is 14. The first-order chi connectivity index (χ1) is 44.0. The second-order valence-electron chi connectivity index (χ2n) is 21.7. The maximum absolute atomic E-state index is 14.9. The van der Waals surface area contributed by atoms with Gasteiger partial charge in [0.15, 0.2) is 34.1 Å². The van der Waals surface area contributed by atoms with E-state index in [0.29, 0.717) is 52.1 Å². The Kier molecular flexibility index (Phi) is 19.4. The molecule has 0 radical (unpaired) electrons. The van der Waals surface area contributed by atoms with E-state index >= 15 is 0 Å². The lowest BCUT2D eigenvalue weighted by Crippen LogP contribution is -2.57. The van der Waals surface area contributed by atoms with E-state index in [1.54, 1.807) is 54.9 Å². The molecule has 92 heavy (non-hydrogen) atoms. The minimum atomic E-state index is -1.69. The Morgan fingerprint density at radius 3 is 1.09 bits per heavy atom. The lowest BCUT2D eigenvalue weighted by Gasteiger charge is -2.37. The van der Waals surface area contributed by atoms with Crippen LogP contribution in [-0.2, 0) is 23.9 Å². The molecule has 0 fully saturated rings. The monoisotopic (exact) mass is 1320 g/mol. The molecule has 0 spiro atoms. The van der Waals surface area contributed by atoms with Gasteiger partial charge >= 0.3 is 11.9 Å². The Balaban J connectivity index is 0.000000152. The number of aliphatic carboxylic acids is 1. The number of thiophene rings is 3. The number of nitrogens with zero attached hydrogens (tertiary/aromatic N) is 6. The van der Waals surface area contributed by atoms with Crippen LogP contribution in [0.15, 0.2) is 193 Å². The van der Waals surface area contributed by atoms with Crippen LogP contribution >= 0.6 is 34.0 Å². The van der Waals surface area contributed by atoms with Crippen LogP contribution in [0, 0.1) is 52.4 Å². The Bertz CT molecular complexity index is 4240.